The van der Waals surface area contributed by atoms with Crippen molar-refractivity contribution in [3.05, 3.63) is 29.8 Å². The van der Waals surface area contributed by atoms with Crippen molar-refractivity contribution in [2.75, 3.05) is 5.32 Å². The van der Waals surface area contributed by atoms with Crippen molar-refractivity contribution in [2.45, 2.75) is 58.0 Å². The lowest BCUT2D eigenvalue weighted by atomic mass is 9.86. The smallest absolute Gasteiger partial charge is 0.241 e. The van der Waals surface area contributed by atoms with Crippen LogP contribution in [0.15, 0.2) is 24.3 Å². The Hall–Kier alpha value is -1.35. The first-order valence-electron chi connectivity index (χ1n) is 7.71. The molecule has 0 saturated heterocycles. The maximum Gasteiger partial charge on any atom is 0.241 e. The van der Waals surface area contributed by atoms with E-state index >= 15 is 0 Å². The van der Waals surface area contributed by atoms with E-state index < -0.39 is 0 Å². The van der Waals surface area contributed by atoms with Gasteiger partial charge in [0.25, 0.3) is 0 Å². The van der Waals surface area contributed by atoms with Crippen LogP contribution in [-0.2, 0) is 11.2 Å². The van der Waals surface area contributed by atoms with Gasteiger partial charge in [0, 0.05) is 11.7 Å². The SMILES string of the molecule is CC1(C)CCCC1NC1CCc2ccccc2NC1=O. The second kappa shape index (κ2) is 5.21. The highest BCUT2D eigenvalue weighted by atomic mass is 16.2. The summed E-state index contributed by atoms with van der Waals surface area (Å²) in [6.45, 7) is 4.61. The van der Waals surface area contributed by atoms with E-state index in [1.165, 1.54) is 24.8 Å². The second-order valence-corrected chi connectivity index (χ2v) is 6.84. The van der Waals surface area contributed by atoms with Crippen molar-refractivity contribution in [1.82, 2.24) is 5.32 Å². The minimum Gasteiger partial charge on any atom is -0.324 e. The van der Waals surface area contributed by atoms with Gasteiger partial charge in [0.15, 0.2) is 0 Å². The Kier molecular flexibility index (Phi) is 3.55. The van der Waals surface area contributed by atoms with E-state index in [9.17, 15) is 4.79 Å². The zero-order valence-corrected chi connectivity index (χ0v) is 12.4. The number of anilines is 1. The van der Waals surface area contributed by atoms with Gasteiger partial charge in [-0.05, 0) is 42.7 Å². The number of para-hydroxylation sites is 1. The Labute approximate surface area is 121 Å². The van der Waals surface area contributed by atoms with Crippen LogP contribution in [0.4, 0.5) is 5.69 Å². The Morgan fingerprint density at radius 3 is 2.80 bits per heavy atom. The molecule has 1 aromatic rings. The lowest BCUT2D eigenvalue weighted by molar-refractivity contribution is -0.118. The minimum atomic E-state index is -0.0650. The highest BCUT2D eigenvalue weighted by Crippen LogP contribution is 2.37. The first-order chi connectivity index (χ1) is 9.56. The highest BCUT2D eigenvalue weighted by Gasteiger charge is 2.37. The molecule has 20 heavy (non-hydrogen) atoms. The monoisotopic (exact) mass is 272 g/mol. The molecule has 1 heterocycles. The van der Waals surface area contributed by atoms with Gasteiger partial charge in [-0.2, -0.15) is 0 Å². The zero-order valence-electron chi connectivity index (χ0n) is 12.4. The molecule has 0 spiro atoms. The third-order valence-corrected chi connectivity index (χ3v) is 4.95. The van der Waals surface area contributed by atoms with Crippen molar-refractivity contribution in [3.8, 4) is 0 Å². The number of hydrogen-bond donors (Lipinski definition) is 2. The molecule has 3 rings (SSSR count). The number of aryl methyl sites for hydroxylation is 1. The zero-order chi connectivity index (χ0) is 14.2. The molecule has 0 bridgehead atoms. The van der Waals surface area contributed by atoms with Gasteiger partial charge in [-0.1, -0.05) is 38.5 Å². The molecule has 1 aliphatic carbocycles. The van der Waals surface area contributed by atoms with Gasteiger partial charge in [-0.15, -0.1) is 0 Å². The number of hydrogen-bond acceptors (Lipinski definition) is 2. The molecule has 2 atom stereocenters. The number of carbonyl (C=O) groups is 1. The lowest BCUT2D eigenvalue weighted by Gasteiger charge is -2.31. The molecule has 1 fully saturated rings. The predicted molar refractivity (Wildman–Crippen MR) is 81.7 cm³/mol. The van der Waals surface area contributed by atoms with Gasteiger partial charge in [0.05, 0.1) is 6.04 Å². The highest BCUT2D eigenvalue weighted by molar-refractivity contribution is 5.96. The van der Waals surface area contributed by atoms with Crippen LogP contribution in [0.5, 0.6) is 0 Å². The fraction of sp³-hybridized carbons (Fsp3) is 0.588. The Bertz CT molecular complexity index is 509. The summed E-state index contributed by atoms with van der Waals surface area (Å²) in [5.74, 6) is 0.123. The largest absolute Gasteiger partial charge is 0.324 e. The van der Waals surface area contributed by atoms with E-state index in [1.807, 2.05) is 18.2 Å². The van der Waals surface area contributed by atoms with Gasteiger partial charge in [-0.25, -0.2) is 0 Å². The molecular formula is C17H24N2O. The molecule has 0 radical (unpaired) electrons. The summed E-state index contributed by atoms with van der Waals surface area (Å²) >= 11 is 0. The number of carbonyl (C=O) groups excluding carboxylic acids is 1. The van der Waals surface area contributed by atoms with Gasteiger partial charge in [0.1, 0.15) is 0 Å². The summed E-state index contributed by atoms with van der Waals surface area (Å²) in [5, 5.41) is 6.69. The van der Waals surface area contributed by atoms with E-state index in [0.29, 0.717) is 11.5 Å². The molecule has 108 valence electrons. The van der Waals surface area contributed by atoms with Crippen molar-refractivity contribution in [3.63, 3.8) is 0 Å². The maximum absolute atomic E-state index is 12.4. The molecule has 1 saturated carbocycles. The van der Waals surface area contributed by atoms with Crippen LogP contribution in [0.1, 0.15) is 45.1 Å². The number of rotatable bonds is 2. The van der Waals surface area contributed by atoms with Gasteiger partial charge >= 0.3 is 0 Å². The minimum absolute atomic E-state index is 0.0650. The maximum atomic E-state index is 12.4. The lowest BCUT2D eigenvalue weighted by Crippen LogP contribution is -2.49. The fourth-order valence-electron chi connectivity index (χ4n) is 3.55. The summed E-state index contributed by atoms with van der Waals surface area (Å²) in [6.07, 6.45) is 5.54. The molecule has 0 aromatic heterocycles. The average molecular weight is 272 g/mol. The summed E-state index contributed by atoms with van der Waals surface area (Å²) in [7, 11) is 0. The van der Waals surface area contributed by atoms with Gasteiger partial charge in [-0.3, -0.25) is 4.79 Å². The topological polar surface area (TPSA) is 41.1 Å². The average Bonchev–Trinajstić information content (AvgIpc) is 2.65. The van der Waals surface area contributed by atoms with E-state index in [2.05, 4.69) is 30.5 Å². The fourth-order valence-corrected chi connectivity index (χ4v) is 3.55. The van der Waals surface area contributed by atoms with E-state index in [-0.39, 0.29) is 11.9 Å². The number of nitrogens with one attached hydrogen (secondary N) is 2. The third-order valence-electron chi connectivity index (χ3n) is 4.95. The van der Waals surface area contributed by atoms with E-state index in [0.717, 1.165) is 18.5 Å². The summed E-state index contributed by atoms with van der Waals surface area (Å²) in [4.78, 5) is 12.4. The predicted octanol–water partition coefficient (Wildman–Crippen LogP) is 3.11. The Balaban J connectivity index is 1.72. The van der Waals surface area contributed by atoms with Crippen LogP contribution < -0.4 is 10.6 Å². The standard InChI is InChI=1S/C17H24N2O/c1-17(2)11-5-8-15(17)18-14-10-9-12-6-3-4-7-13(12)19-16(14)20/h3-4,6-7,14-15,18H,5,8-11H2,1-2H3,(H,19,20). The molecule has 1 aromatic carbocycles. The first kappa shape index (κ1) is 13.6. The summed E-state index contributed by atoms with van der Waals surface area (Å²) in [5.41, 5.74) is 2.53. The molecule has 1 aliphatic heterocycles. The normalized spacial score (nSPS) is 28.6. The van der Waals surface area contributed by atoms with Crippen LogP contribution in [0.2, 0.25) is 0 Å². The molecular weight excluding hydrogens is 248 g/mol. The van der Waals surface area contributed by atoms with Crippen molar-refractivity contribution >= 4 is 11.6 Å². The quantitative estimate of drug-likeness (QED) is 0.868. The van der Waals surface area contributed by atoms with Crippen LogP contribution in [0.3, 0.4) is 0 Å². The Morgan fingerprint density at radius 1 is 1.25 bits per heavy atom. The van der Waals surface area contributed by atoms with Crippen molar-refractivity contribution in [2.24, 2.45) is 5.41 Å². The van der Waals surface area contributed by atoms with E-state index in [4.69, 9.17) is 0 Å². The summed E-state index contributed by atoms with van der Waals surface area (Å²) < 4.78 is 0. The number of fused-ring (bicyclic) bond motifs is 1. The van der Waals surface area contributed by atoms with Crippen LogP contribution in [0, 0.1) is 5.41 Å². The number of benzene rings is 1. The van der Waals surface area contributed by atoms with Crippen LogP contribution in [-0.4, -0.2) is 18.0 Å². The molecule has 2 N–H and O–H groups in total. The molecule has 3 heteroatoms. The van der Waals surface area contributed by atoms with Crippen molar-refractivity contribution in [1.29, 1.82) is 0 Å². The summed E-state index contributed by atoms with van der Waals surface area (Å²) in [6, 6.07) is 8.52. The van der Waals surface area contributed by atoms with Crippen LogP contribution >= 0.6 is 0 Å². The van der Waals surface area contributed by atoms with Gasteiger partial charge < -0.3 is 10.6 Å². The molecule has 2 unspecified atom stereocenters. The second-order valence-electron chi connectivity index (χ2n) is 6.84. The van der Waals surface area contributed by atoms with Gasteiger partial charge in [0.2, 0.25) is 5.91 Å². The number of amides is 1. The Morgan fingerprint density at radius 2 is 2.05 bits per heavy atom. The third kappa shape index (κ3) is 2.59. The van der Waals surface area contributed by atoms with Crippen LogP contribution in [0.25, 0.3) is 0 Å². The van der Waals surface area contributed by atoms with Crippen molar-refractivity contribution < 1.29 is 4.79 Å². The molecule has 1 amide bonds. The molecule has 2 aliphatic rings. The first-order valence-corrected chi connectivity index (χ1v) is 7.71. The molecule has 3 nitrogen and oxygen atoms in total. The van der Waals surface area contributed by atoms with E-state index in [1.54, 1.807) is 0 Å².